The molecule has 5 heteroatoms. The second-order valence-corrected chi connectivity index (χ2v) is 7.77. The van der Waals surface area contributed by atoms with Crippen LogP contribution in [-0.4, -0.2) is 55.4 Å². The summed E-state index contributed by atoms with van der Waals surface area (Å²) in [5.41, 5.74) is 4.53. The lowest BCUT2D eigenvalue weighted by Gasteiger charge is -2.30. The van der Waals surface area contributed by atoms with Crippen molar-refractivity contribution in [1.29, 1.82) is 0 Å². The van der Waals surface area contributed by atoms with E-state index in [1.54, 1.807) is 7.11 Å². The summed E-state index contributed by atoms with van der Waals surface area (Å²) in [5, 5.41) is 13.3. The quantitative estimate of drug-likeness (QED) is 0.606. The lowest BCUT2D eigenvalue weighted by Crippen LogP contribution is -2.42. The van der Waals surface area contributed by atoms with Gasteiger partial charge in [0.15, 0.2) is 0 Å². The van der Waals surface area contributed by atoms with Gasteiger partial charge in [-0.1, -0.05) is 36.4 Å². The Labute approximate surface area is 173 Å². The van der Waals surface area contributed by atoms with Crippen LogP contribution in [0.25, 0.3) is 0 Å². The number of amides is 1. The monoisotopic (exact) mass is 396 g/mol. The number of carbonyl (C=O) groups excluding carboxylic acids is 1. The second kappa shape index (κ2) is 11.1. The van der Waals surface area contributed by atoms with Gasteiger partial charge in [-0.25, -0.2) is 0 Å². The Bertz CT molecular complexity index is 793. The fourth-order valence-electron chi connectivity index (χ4n) is 3.83. The average Bonchev–Trinajstić information content (AvgIpc) is 2.75. The minimum atomic E-state index is -0.582. The van der Waals surface area contributed by atoms with Crippen LogP contribution in [0.15, 0.2) is 48.5 Å². The number of fused-ring (bicyclic) bond motifs is 1. The molecule has 0 saturated carbocycles. The topological polar surface area (TPSA) is 61.8 Å². The number of rotatable bonds is 10. The Balaban J connectivity index is 1.43. The SMILES string of the molecule is COCCCCc1cccc(C(=O)NCC(O)CN2CCc3ccccc3C2)c1. The highest BCUT2D eigenvalue weighted by atomic mass is 16.5. The number of nitrogens with zero attached hydrogens (tertiary/aromatic N) is 1. The van der Waals surface area contributed by atoms with Crippen LogP contribution in [0.3, 0.4) is 0 Å². The Morgan fingerprint density at radius 2 is 2.00 bits per heavy atom. The van der Waals surface area contributed by atoms with Crippen LogP contribution in [0.5, 0.6) is 0 Å². The summed E-state index contributed by atoms with van der Waals surface area (Å²) in [6.45, 7) is 3.38. The molecule has 0 bridgehead atoms. The van der Waals surface area contributed by atoms with Crippen LogP contribution in [-0.2, 0) is 24.1 Å². The third kappa shape index (κ3) is 6.67. The molecule has 0 aromatic heterocycles. The first-order chi connectivity index (χ1) is 14.2. The van der Waals surface area contributed by atoms with Gasteiger partial charge in [0.1, 0.15) is 0 Å². The molecule has 3 rings (SSSR count). The van der Waals surface area contributed by atoms with E-state index in [1.165, 1.54) is 11.1 Å². The van der Waals surface area contributed by atoms with Gasteiger partial charge in [-0.2, -0.15) is 0 Å². The molecular formula is C24H32N2O3. The van der Waals surface area contributed by atoms with Crippen molar-refractivity contribution in [1.82, 2.24) is 10.2 Å². The first-order valence-electron chi connectivity index (χ1n) is 10.5. The van der Waals surface area contributed by atoms with Crippen molar-refractivity contribution in [2.45, 2.75) is 38.3 Å². The van der Waals surface area contributed by atoms with E-state index in [0.717, 1.165) is 50.9 Å². The zero-order valence-corrected chi connectivity index (χ0v) is 17.3. The van der Waals surface area contributed by atoms with Gasteiger partial charge in [0.05, 0.1) is 6.10 Å². The molecule has 2 aromatic carbocycles. The number of methoxy groups -OCH3 is 1. The predicted octanol–water partition coefficient (Wildman–Crippen LogP) is 2.80. The molecule has 5 nitrogen and oxygen atoms in total. The number of ether oxygens (including phenoxy) is 1. The second-order valence-electron chi connectivity index (χ2n) is 7.77. The van der Waals surface area contributed by atoms with E-state index in [-0.39, 0.29) is 12.5 Å². The number of benzene rings is 2. The summed E-state index contributed by atoms with van der Waals surface area (Å²) >= 11 is 0. The molecule has 29 heavy (non-hydrogen) atoms. The number of aliphatic hydroxyl groups is 1. The van der Waals surface area contributed by atoms with Crippen molar-refractivity contribution in [3.8, 4) is 0 Å². The number of aryl methyl sites for hydroxylation is 1. The lowest BCUT2D eigenvalue weighted by molar-refractivity contribution is 0.0842. The van der Waals surface area contributed by atoms with Gasteiger partial charge in [-0.05, 0) is 54.5 Å². The fourth-order valence-corrected chi connectivity index (χ4v) is 3.83. The summed E-state index contributed by atoms with van der Waals surface area (Å²) in [7, 11) is 1.71. The minimum absolute atomic E-state index is 0.133. The average molecular weight is 397 g/mol. The van der Waals surface area contributed by atoms with Crippen molar-refractivity contribution in [2.75, 3.05) is 33.4 Å². The number of hydrogen-bond acceptors (Lipinski definition) is 4. The van der Waals surface area contributed by atoms with Crippen LogP contribution in [0.2, 0.25) is 0 Å². The summed E-state index contributed by atoms with van der Waals surface area (Å²) < 4.78 is 5.08. The summed E-state index contributed by atoms with van der Waals surface area (Å²) in [6, 6.07) is 16.2. The number of β-amino-alcohol motifs (C(OH)–C–C–N with tert-alkyl or cyclic N) is 1. The van der Waals surface area contributed by atoms with E-state index in [4.69, 9.17) is 4.74 Å². The Morgan fingerprint density at radius 3 is 2.83 bits per heavy atom. The molecule has 1 unspecified atom stereocenters. The molecule has 2 aromatic rings. The Kier molecular flexibility index (Phi) is 8.23. The maximum Gasteiger partial charge on any atom is 0.251 e. The fraction of sp³-hybridized carbons (Fsp3) is 0.458. The van der Waals surface area contributed by atoms with Gasteiger partial charge in [-0.3, -0.25) is 9.69 Å². The van der Waals surface area contributed by atoms with Crippen molar-refractivity contribution in [3.05, 3.63) is 70.8 Å². The third-order valence-electron chi connectivity index (χ3n) is 5.43. The highest BCUT2D eigenvalue weighted by molar-refractivity contribution is 5.94. The predicted molar refractivity (Wildman–Crippen MR) is 115 cm³/mol. The van der Waals surface area contributed by atoms with Gasteiger partial charge >= 0.3 is 0 Å². The number of unbranched alkanes of at least 4 members (excludes halogenated alkanes) is 1. The van der Waals surface area contributed by atoms with Crippen molar-refractivity contribution in [2.24, 2.45) is 0 Å². The summed E-state index contributed by atoms with van der Waals surface area (Å²) in [5.74, 6) is -0.133. The molecule has 1 aliphatic rings. The number of nitrogens with one attached hydrogen (secondary N) is 1. The highest BCUT2D eigenvalue weighted by Gasteiger charge is 2.19. The molecule has 1 atom stereocenters. The van der Waals surface area contributed by atoms with Crippen LogP contribution < -0.4 is 5.32 Å². The smallest absolute Gasteiger partial charge is 0.251 e. The van der Waals surface area contributed by atoms with Gasteiger partial charge in [0.2, 0.25) is 0 Å². The molecule has 0 saturated heterocycles. The van der Waals surface area contributed by atoms with Gasteiger partial charge < -0.3 is 15.2 Å². The number of aliphatic hydroxyl groups excluding tert-OH is 1. The molecule has 0 fully saturated rings. The van der Waals surface area contributed by atoms with Crippen molar-refractivity contribution >= 4 is 5.91 Å². The van der Waals surface area contributed by atoms with Crippen LogP contribution >= 0.6 is 0 Å². The molecule has 1 amide bonds. The molecule has 0 spiro atoms. The zero-order valence-electron chi connectivity index (χ0n) is 17.3. The van der Waals surface area contributed by atoms with E-state index >= 15 is 0 Å². The highest BCUT2D eigenvalue weighted by Crippen LogP contribution is 2.18. The van der Waals surface area contributed by atoms with E-state index in [9.17, 15) is 9.90 Å². The molecule has 156 valence electrons. The van der Waals surface area contributed by atoms with Crippen molar-refractivity contribution < 1.29 is 14.6 Å². The van der Waals surface area contributed by atoms with Crippen LogP contribution in [0.4, 0.5) is 0 Å². The largest absolute Gasteiger partial charge is 0.390 e. The van der Waals surface area contributed by atoms with Crippen LogP contribution in [0.1, 0.15) is 39.9 Å². The normalized spacial score (nSPS) is 15.0. The molecule has 0 radical (unpaired) electrons. The first kappa shape index (κ1) is 21.5. The number of carbonyl (C=O) groups is 1. The Morgan fingerprint density at radius 1 is 1.17 bits per heavy atom. The molecule has 2 N–H and O–H groups in total. The molecular weight excluding hydrogens is 364 g/mol. The summed E-state index contributed by atoms with van der Waals surface area (Å²) in [6.07, 6.45) is 3.41. The van der Waals surface area contributed by atoms with Gasteiger partial charge in [-0.15, -0.1) is 0 Å². The minimum Gasteiger partial charge on any atom is -0.390 e. The molecule has 1 aliphatic heterocycles. The standard InChI is InChI=1S/C24H32N2O3/c1-29-14-5-4-7-19-8-6-11-21(15-19)24(28)25-16-23(27)18-26-13-12-20-9-2-3-10-22(20)17-26/h2-3,6,8-11,15,23,27H,4-5,7,12-14,16-18H2,1H3,(H,25,28). The lowest BCUT2D eigenvalue weighted by atomic mass is 10.00. The van der Waals surface area contributed by atoms with Crippen molar-refractivity contribution in [3.63, 3.8) is 0 Å². The summed E-state index contributed by atoms with van der Waals surface area (Å²) in [4.78, 5) is 14.7. The van der Waals surface area contributed by atoms with E-state index < -0.39 is 6.10 Å². The maximum absolute atomic E-state index is 12.5. The third-order valence-corrected chi connectivity index (χ3v) is 5.43. The molecule has 1 heterocycles. The number of hydrogen-bond donors (Lipinski definition) is 2. The Hall–Kier alpha value is -2.21. The van der Waals surface area contributed by atoms with E-state index in [2.05, 4.69) is 34.5 Å². The van der Waals surface area contributed by atoms with Gasteiger partial charge in [0.25, 0.3) is 5.91 Å². The van der Waals surface area contributed by atoms with E-state index in [0.29, 0.717) is 12.1 Å². The zero-order chi connectivity index (χ0) is 20.5. The first-order valence-corrected chi connectivity index (χ1v) is 10.5. The van der Waals surface area contributed by atoms with Crippen LogP contribution in [0, 0.1) is 0 Å². The molecule has 0 aliphatic carbocycles. The van der Waals surface area contributed by atoms with Gasteiger partial charge in [0, 0.05) is 45.5 Å². The van der Waals surface area contributed by atoms with E-state index in [1.807, 2.05) is 24.3 Å². The maximum atomic E-state index is 12.5.